The first-order valence-electron chi connectivity index (χ1n) is 6.18. The zero-order valence-corrected chi connectivity index (χ0v) is 14.2. The molecule has 0 spiro atoms. The van der Waals surface area contributed by atoms with Crippen LogP contribution in [0, 0.1) is 0 Å². The van der Waals surface area contributed by atoms with Crippen LogP contribution in [0.25, 0.3) is 0 Å². The van der Waals surface area contributed by atoms with Crippen molar-refractivity contribution < 1.29 is 14.1 Å². The van der Waals surface area contributed by atoms with Crippen molar-refractivity contribution in [3.8, 4) is 0 Å². The van der Waals surface area contributed by atoms with Crippen molar-refractivity contribution in [1.29, 1.82) is 0 Å². The molecule has 1 amide bonds. The number of amides is 1. The predicted molar refractivity (Wildman–Crippen MR) is 82.5 cm³/mol. The molecule has 18 heavy (non-hydrogen) atoms. The van der Waals surface area contributed by atoms with Gasteiger partial charge in [0, 0.05) is 25.5 Å². The molecular weight excluding hydrogens is 289 g/mol. The Labute approximate surface area is 120 Å². The Balaban J connectivity index is 4.68. The van der Waals surface area contributed by atoms with Gasteiger partial charge in [-0.2, -0.15) is 0 Å². The number of hydrogen-bond donors (Lipinski definition) is 0. The Morgan fingerprint density at radius 3 is 2.61 bits per heavy atom. The van der Waals surface area contributed by atoms with Crippen molar-refractivity contribution in [2.75, 3.05) is 26.9 Å². The largest absolute Gasteiger partial charge is 0.385 e. The number of methoxy groups -OCH3 is 1. The third-order valence-electron chi connectivity index (χ3n) is 2.35. The van der Waals surface area contributed by atoms with E-state index in [0.717, 1.165) is 19.3 Å². The summed E-state index contributed by atoms with van der Waals surface area (Å²) in [5.41, 5.74) is -2.28. The van der Waals surface area contributed by atoms with Gasteiger partial charge in [0.05, 0.1) is 6.61 Å². The highest BCUT2D eigenvalue weighted by atomic mass is 32.9. The van der Waals surface area contributed by atoms with Gasteiger partial charge in [0.1, 0.15) is 0 Å². The molecule has 2 unspecified atom stereocenters. The average molecular weight is 313 g/mol. The summed E-state index contributed by atoms with van der Waals surface area (Å²) >= 11 is 7.24. The van der Waals surface area contributed by atoms with E-state index in [1.807, 2.05) is 6.92 Å². The van der Waals surface area contributed by atoms with E-state index in [1.165, 1.54) is 0 Å². The number of nitrogens with zero attached hydrogens (tertiary/aromatic N) is 1. The summed E-state index contributed by atoms with van der Waals surface area (Å²) < 4.78 is 12.4. The van der Waals surface area contributed by atoms with E-state index in [-0.39, 0.29) is 0 Å². The van der Waals surface area contributed by atoms with Crippen molar-refractivity contribution in [3.05, 3.63) is 0 Å². The van der Waals surface area contributed by atoms with Crippen molar-refractivity contribution >= 4 is 35.2 Å². The Kier molecular flexibility index (Phi) is 10.4. The summed E-state index contributed by atoms with van der Waals surface area (Å²) in [6, 6.07) is 0. The topological polar surface area (TPSA) is 38.8 Å². The lowest BCUT2D eigenvalue weighted by molar-refractivity contribution is -0.114. The molecule has 0 aliphatic heterocycles. The number of rotatable bonds is 11. The molecule has 0 aromatic heterocycles. The summed E-state index contributed by atoms with van der Waals surface area (Å²) in [5.74, 6) is 0. The second-order valence-corrected chi connectivity index (χ2v) is 10.8. The summed E-state index contributed by atoms with van der Waals surface area (Å²) in [6.45, 7) is 7.89. The minimum atomic E-state index is -2.28. The predicted octanol–water partition coefficient (Wildman–Crippen LogP) is 3.27. The van der Waals surface area contributed by atoms with Crippen LogP contribution in [0.4, 0.5) is 0 Å². The van der Waals surface area contributed by atoms with Crippen LogP contribution >= 0.6 is 17.0 Å². The molecule has 0 aromatic carbocycles. The molecule has 0 aromatic rings. The van der Waals surface area contributed by atoms with Crippen LogP contribution in [0.1, 0.15) is 33.6 Å². The van der Waals surface area contributed by atoms with Crippen molar-refractivity contribution in [2.45, 2.75) is 38.9 Å². The van der Waals surface area contributed by atoms with Crippen LogP contribution in [-0.2, 0) is 25.9 Å². The average Bonchev–Trinajstić information content (AvgIpc) is 2.34. The van der Waals surface area contributed by atoms with Crippen LogP contribution in [0.15, 0.2) is 0 Å². The third kappa shape index (κ3) is 6.53. The molecule has 108 valence electrons. The molecule has 0 saturated carbocycles. The Morgan fingerprint density at radius 1 is 1.50 bits per heavy atom. The quantitative estimate of drug-likeness (QED) is 0.332. The molecule has 0 N–H and O–H groups in total. The Hall–Kier alpha value is 0.390. The second-order valence-electron chi connectivity index (χ2n) is 3.83. The van der Waals surface area contributed by atoms with E-state index in [2.05, 4.69) is 13.8 Å². The smallest absolute Gasteiger partial charge is 0.215 e. The lowest BCUT2D eigenvalue weighted by atomic mass is 10.4. The minimum Gasteiger partial charge on any atom is -0.385 e. The summed E-state index contributed by atoms with van der Waals surface area (Å²) in [4.78, 5) is 11.2. The van der Waals surface area contributed by atoms with Crippen LogP contribution in [-0.4, -0.2) is 43.2 Å². The molecule has 0 rings (SSSR count). The molecular formula is C11H24NO3PS2. The van der Waals surface area contributed by atoms with E-state index in [0.29, 0.717) is 25.0 Å². The number of carbonyl (C=O) groups is 1. The minimum absolute atomic E-state index is 0.396. The fraction of sp³-hybridized carbons (Fsp3) is 0.909. The van der Waals surface area contributed by atoms with Crippen LogP contribution in [0.2, 0.25) is 0 Å². The summed E-state index contributed by atoms with van der Waals surface area (Å²) in [5, 5.41) is 0.396. The number of carbonyl (C=O) groups excluding carboxylic acids is 1. The maximum absolute atomic E-state index is 11.2. The van der Waals surface area contributed by atoms with Gasteiger partial charge in [-0.05, 0) is 31.6 Å². The summed E-state index contributed by atoms with van der Waals surface area (Å²) in [6.07, 6.45) is 2.62. The molecule has 0 saturated heterocycles. The van der Waals surface area contributed by atoms with Gasteiger partial charge in [0.2, 0.25) is 12.0 Å². The lowest BCUT2D eigenvalue weighted by Crippen LogP contribution is -2.22. The van der Waals surface area contributed by atoms with Gasteiger partial charge < -0.3 is 9.26 Å². The van der Waals surface area contributed by atoms with Crippen LogP contribution in [0.5, 0.6) is 0 Å². The molecule has 0 heterocycles. The van der Waals surface area contributed by atoms with Crippen molar-refractivity contribution in [1.82, 2.24) is 4.67 Å². The van der Waals surface area contributed by atoms with Crippen molar-refractivity contribution in [3.63, 3.8) is 0 Å². The molecule has 0 aliphatic carbocycles. The van der Waals surface area contributed by atoms with Gasteiger partial charge in [-0.3, -0.25) is 9.46 Å². The molecule has 0 radical (unpaired) electrons. The first kappa shape index (κ1) is 18.4. The van der Waals surface area contributed by atoms with Gasteiger partial charge in [-0.1, -0.05) is 25.2 Å². The molecule has 4 nitrogen and oxygen atoms in total. The molecule has 7 heteroatoms. The van der Waals surface area contributed by atoms with E-state index >= 15 is 0 Å². The molecule has 2 atom stereocenters. The highest BCUT2D eigenvalue weighted by molar-refractivity contribution is 8.69. The zero-order chi connectivity index (χ0) is 14.0. The van der Waals surface area contributed by atoms with E-state index in [9.17, 15) is 4.79 Å². The fourth-order valence-corrected chi connectivity index (χ4v) is 8.03. The maximum atomic E-state index is 11.2. The normalized spacial score (nSPS) is 16.0. The van der Waals surface area contributed by atoms with Gasteiger partial charge in [-0.25, -0.2) is 0 Å². The van der Waals surface area contributed by atoms with Gasteiger partial charge in [-0.15, -0.1) is 0 Å². The highest BCUT2D eigenvalue weighted by Gasteiger charge is 2.28. The fourth-order valence-electron chi connectivity index (χ4n) is 1.23. The van der Waals surface area contributed by atoms with Crippen LogP contribution in [0.3, 0.4) is 0 Å². The monoisotopic (exact) mass is 313 g/mol. The van der Waals surface area contributed by atoms with Crippen molar-refractivity contribution in [2.24, 2.45) is 0 Å². The first-order chi connectivity index (χ1) is 8.53. The Bertz CT molecular complexity index is 279. The lowest BCUT2D eigenvalue weighted by Gasteiger charge is -2.32. The van der Waals surface area contributed by atoms with E-state index in [4.69, 9.17) is 21.1 Å². The molecule has 0 bridgehead atoms. The summed E-state index contributed by atoms with van der Waals surface area (Å²) in [7, 11) is 1.65. The van der Waals surface area contributed by atoms with Gasteiger partial charge in [0.25, 0.3) is 0 Å². The van der Waals surface area contributed by atoms with Crippen LogP contribution < -0.4 is 0 Å². The first-order valence-corrected chi connectivity index (χ1v) is 10.3. The zero-order valence-electron chi connectivity index (χ0n) is 11.6. The van der Waals surface area contributed by atoms with Gasteiger partial charge in [0.15, 0.2) is 0 Å². The third-order valence-corrected chi connectivity index (χ3v) is 9.36. The highest BCUT2D eigenvalue weighted by Crippen LogP contribution is 2.64. The SMILES string of the molecule is CCOP(=S)(SC(C)CC)N(C=O)CCCOC. The van der Waals surface area contributed by atoms with E-state index in [1.54, 1.807) is 23.2 Å². The second kappa shape index (κ2) is 10.2. The Morgan fingerprint density at radius 2 is 2.17 bits per heavy atom. The maximum Gasteiger partial charge on any atom is 0.215 e. The molecule has 0 aliphatic rings. The molecule has 0 fully saturated rings. The standard InChI is InChI=1S/C11H24NO3PS2/c1-5-11(3)18-16(17,15-6-2)12(10-13)8-7-9-14-4/h10-11H,5-9H2,1-4H3. The number of ether oxygens (including phenoxy) is 1. The van der Waals surface area contributed by atoms with Gasteiger partial charge >= 0.3 is 0 Å². The number of hydrogen-bond acceptors (Lipinski definition) is 5. The van der Waals surface area contributed by atoms with E-state index < -0.39 is 5.62 Å².